The van der Waals surface area contributed by atoms with Crippen molar-refractivity contribution in [2.75, 3.05) is 5.32 Å². The lowest BCUT2D eigenvalue weighted by Crippen LogP contribution is -2.04. The van der Waals surface area contributed by atoms with Gasteiger partial charge in [0, 0.05) is 42.5 Å². The molecule has 4 heterocycles. The van der Waals surface area contributed by atoms with Crippen LogP contribution in [-0.4, -0.2) is 19.9 Å². The standard InChI is InChI=1S/C20H14ClFN6/c21-17-3-1-12(8-24-17)9-25-18-4-2-14(19(22)28-18)6-15-11-27-20-16(15)5-13(7-23)10-26-20/h1-5,8,10-11H,6,9H2,(H,25,28)(H,26,27). The first kappa shape index (κ1) is 17.9. The maximum atomic E-state index is 14.5. The summed E-state index contributed by atoms with van der Waals surface area (Å²) in [5.74, 6) is -0.110. The van der Waals surface area contributed by atoms with Gasteiger partial charge >= 0.3 is 0 Å². The van der Waals surface area contributed by atoms with E-state index in [4.69, 9.17) is 16.9 Å². The quantitative estimate of drug-likeness (QED) is 0.496. The smallest absolute Gasteiger partial charge is 0.218 e. The molecular weight excluding hydrogens is 379 g/mol. The number of nitrogens with zero attached hydrogens (tertiary/aromatic N) is 4. The van der Waals surface area contributed by atoms with Gasteiger partial charge in [-0.1, -0.05) is 23.7 Å². The van der Waals surface area contributed by atoms with Gasteiger partial charge < -0.3 is 10.3 Å². The van der Waals surface area contributed by atoms with Crippen LogP contribution < -0.4 is 5.32 Å². The fraction of sp³-hybridized carbons (Fsp3) is 0.100. The molecule has 0 bridgehead atoms. The fourth-order valence-electron chi connectivity index (χ4n) is 2.87. The molecule has 4 aromatic heterocycles. The second-order valence-corrected chi connectivity index (χ2v) is 6.60. The van der Waals surface area contributed by atoms with Crippen LogP contribution in [0.1, 0.15) is 22.3 Å². The van der Waals surface area contributed by atoms with Crippen LogP contribution >= 0.6 is 11.6 Å². The van der Waals surface area contributed by atoms with E-state index in [0.29, 0.717) is 40.7 Å². The lowest BCUT2D eigenvalue weighted by Gasteiger charge is -2.08. The van der Waals surface area contributed by atoms with Crippen molar-refractivity contribution in [2.45, 2.75) is 13.0 Å². The fourth-order valence-corrected chi connectivity index (χ4v) is 2.98. The number of aromatic amines is 1. The zero-order valence-corrected chi connectivity index (χ0v) is 15.3. The number of halogens is 2. The average molecular weight is 393 g/mol. The van der Waals surface area contributed by atoms with Gasteiger partial charge in [0.25, 0.3) is 0 Å². The van der Waals surface area contributed by atoms with Crippen molar-refractivity contribution in [3.63, 3.8) is 0 Å². The monoisotopic (exact) mass is 392 g/mol. The summed E-state index contributed by atoms with van der Waals surface area (Å²) in [5.41, 5.74) is 3.35. The van der Waals surface area contributed by atoms with E-state index in [0.717, 1.165) is 16.5 Å². The summed E-state index contributed by atoms with van der Waals surface area (Å²) in [6, 6.07) is 10.8. The van der Waals surface area contributed by atoms with E-state index in [9.17, 15) is 4.39 Å². The average Bonchev–Trinajstić information content (AvgIpc) is 3.11. The molecule has 0 amide bonds. The minimum Gasteiger partial charge on any atom is -0.366 e. The van der Waals surface area contributed by atoms with Crippen molar-refractivity contribution in [1.29, 1.82) is 5.26 Å². The number of nitrogens with one attached hydrogen (secondary N) is 2. The van der Waals surface area contributed by atoms with Gasteiger partial charge in [0.15, 0.2) is 0 Å². The van der Waals surface area contributed by atoms with Crippen LogP contribution in [0.4, 0.5) is 10.2 Å². The Bertz CT molecular complexity index is 1180. The molecule has 4 aromatic rings. The van der Waals surface area contributed by atoms with Crippen LogP contribution in [-0.2, 0) is 13.0 Å². The zero-order chi connectivity index (χ0) is 19.5. The molecule has 0 radical (unpaired) electrons. The summed E-state index contributed by atoms with van der Waals surface area (Å²) >= 11 is 5.76. The maximum Gasteiger partial charge on any atom is 0.218 e. The molecule has 0 unspecified atom stereocenters. The molecule has 138 valence electrons. The number of anilines is 1. The van der Waals surface area contributed by atoms with Crippen molar-refractivity contribution in [3.05, 3.63) is 82.3 Å². The van der Waals surface area contributed by atoms with E-state index in [1.807, 2.05) is 6.07 Å². The summed E-state index contributed by atoms with van der Waals surface area (Å²) in [5, 5.41) is 13.3. The molecule has 8 heteroatoms. The lowest BCUT2D eigenvalue weighted by atomic mass is 10.1. The van der Waals surface area contributed by atoms with Crippen LogP contribution in [0.15, 0.2) is 48.9 Å². The largest absolute Gasteiger partial charge is 0.366 e. The first-order valence-corrected chi connectivity index (χ1v) is 8.86. The third-order valence-electron chi connectivity index (χ3n) is 4.32. The molecule has 2 N–H and O–H groups in total. The molecular formula is C20H14ClFN6. The van der Waals surface area contributed by atoms with Crippen molar-refractivity contribution in [1.82, 2.24) is 19.9 Å². The molecule has 0 aliphatic rings. The Hall–Kier alpha value is -3.50. The highest BCUT2D eigenvalue weighted by molar-refractivity contribution is 6.29. The molecule has 0 spiro atoms. The summed E-state index contributed by atoms with van der Waals surface area (Å²) in [4.78, 5) is 15.2. The Labute approximate surface area is 165 Å². The van der Waals surface area contributed by atoms with Crippen molar-refractivity contribution in [2.24, 2.45) is 0 Å². The second-order valence-electron chi connectivity index (χ2n) is 6.21. The van der Waals surface area contributed by atoms with Crippen LogP contribution in [0.3, 0.4) is 0 Å². The van der Waals surface area contributed by atoms with Gasteiger partial charge in [-0.15, -0.1) is 0 Å². The number of H-pyrrole nitrogens is 1. The van der Waals surface area contributed by atoms with E-state index in [1.165, 1.54) is 6.20 Å². The molecule has 0 aromatic carbocycles. The number of nitriles is 1. The zero-order valence-electron chi connectivity index (χ0n) is 14.6. The Morgan fingerprint density at radius 2 is 2.04 bits per heavy atom. The number of rotatable bonds is 5. The number of fused-ring (bicyclic) bond motifs is 1. The van der Waals surface area contributed by atoms with Gasteiger partial charge in [0.05, 0.1) is 5.56 Å². The maximum absolute atomic E-state index is 14.5. The molecule has 28 heavy (non-hydrogen) atoms. The highest BCUT2D eigenvalue weighted by Gasteiger charge is 2.11. The summed E-state index contributed by atoms with van der Waals surface area (Å²) in [6.07, 6.45) is 5.27. The highest BCUT2D eigenvalue weighted by atomic mass is 35.5. The van der Waals surface area contributed by atoms with Gasteiger partial charge in [-0.05, 0) is 29.3 Å². The second kappa shape index (κ2) is 7.62. The van der Waals surface area contributed by atoms with Crippen LogP contribution in [0.25, 0.3) is 11.0 Å². The van der Waals surface area contributed by atoms with Gasteiger partial charge in [0.2, 0.25) is 5.95 Å². The Morgan fingerprint density at radius 1 is 1.14 bits per heavy atom. The first-order chi connectivity index (χ1) is 13.6. The minimum atomic E-state index is -0.544. The topological polar surface area (TPSA) is 90.3 Å². The Kier molecular flexibility index (Phi) is 4.87. The van der Waals surface area contributed by atoms with E-state index in [2.05, 4.69) is 31.3 Å². The van der Waals surface area contributed by atoms with Crippen LogP contribution in [0.5, 0.6) is 0 Å². The third-order valence-corrected chi connectivity index (χ3v) is 4.54. The summed E-state index contributed by atoms with van der Waals surface area (Å²) in [6.45, 7) is 0.459. The predicted molar refractivity (Wildman–Crippen MR) is 104 cm³/mol. The van der Waals surface area contributed by atoms with Gasteiger partial charge in [-0.3, -0.25) is 0 Å². The highest BCUT2D eigenvalue weighted by Crippen LogP contribution is 2.22. The summed E-state index contributed by atoms with van der Waals surface area (Å²) < 4.78 is 14.5. The third kappa shape index (κ3) is 3.77. The molecule has 0 aliphatic carbocycles. The first-order valence-electron chi connectivity index (χ1n) is 8.48. The van der Waals surface area contributed by atoms with Crippen molar-refractivity contribution < 1.29 is 4.39 Å². The SMILES string of the molecule is N#Cc1cnc2[nH]cc(Cc3ccc(NCc4ccc(Cl)nc4)nc3F)c2c1. The van der Waals surface area contributed by atoms with Crippen molar-refractivity contribution >= 4 is 28.5 Å². The van der Waals surface area contributed by atoms with Crippen LogP contribution in [0, 0.1) is 17.3 Å². The molecule has 0 saturated carbocycles. The van der Waals surface area contributed by atoms with Crippen molar-refractivity contribution in [3.8, 4) is 6.07 Å². The van der Waals surface area contributed by atoms with Gasteiger partial charge in [-0.25, -0.2) is 15.0 Å². The predicted octanol–water partition coefficient (Wildman–Crippen LogP) is 4.22. The van der Waals surface area contributed by atoms with Crippen LogP contribution in [0.2, 0.25) is 5.15 Å². The number of hydrogen-bond acceptors (Lipinski definition) is 5. The normalized spacial score (nSPS) is 10.8. The van der Waals surface area contributed by atoms with Gasteiger partial charge in [0.1, 0.15) is 22.7 Å². The van der Waals surface area contributed by atoms with E-state index in [1.54, 1.807) is 36.7 Å². The lowest BCUT2D eigenvalue weighted by molar-refractivity contribution is 0.571. The summed E-state index contributed by atoms with van der Waals surface area (Å²) in [7, 11) is 0. The molecule has 0 atom stereocenters. The van der Waals surface area contributed by atoms with Gasteiger partial charge in [-0.2, -0.15) is 9.65 Å². The minimum absolute atomic E-state index is 0.344. The van der Waals surface area contributed by atoms with E-state index < -0.39 is 5.95 Å². The van der Waals surface area contributed by atoms with E-state index in [-0.39, 0.29) is 0 Å². The Balaban J connectivity index is 1.50. The molecule has 6 nitrogen and oxygen atoms in total. The molecule has 0 saturated heterocycles. The Morgan fingerprint density at radius 3 is 2.79 bits per heavy atom. The molecule has 0 aliphatic heterocycles. The number of hydrogen-bond donors (Lipinski definition) is 2. The number of pyridine rings is 3. The number of aromatic nitrogens is 4. The molecule has 0 fully saturated rings. The molecule has 4 rings (SSSR count). The van der Waals surface area contributed by atoms with E-state index >= 15 is 0 Å².